The van der Waals surface area contributed by atoms with Gasteiger partial charge >= 0.3 is 0 Å². The normalized spacial score (nSPS) is 8.86. The van der Waals surface area contributed by atoms with Gasteiger partial charge < -0.3 is 10.5 Å². The van der Waals surface area contributed by atoms with Gasteiger partial charge in [-0.1, -0.05) is 27.2 Å². The van der Waals surface area contributed by atoms with Crippen molar-refractivity contribution >= 4 is 5.69 Å². The molecule has 0 fully saturated rings. The summed E-state index contributed by atoms with van der Waals surface area (Å²) in [5, 5.41) is 0. The summed E-state index contributed by atoms with van der Waals surface area (Å²) < 4.78 is 5.20. The van der Waals surface area contributed by atoms with Crippen LogP contribution < -0.4 is 10.5 Å². The maximum Gasteiger partial charge on any atom is 0.122 e. The van der Waals surface area contributed by atoms with Gasteiger partial charge in [0.25, 0.3) is 0 Å². The molecular formula is C12H21NO. The first-order valence-electron chi connectivity index (χ1n) is 5.20. The third-order valence-corrected chi connectivity index (χ3v) is 1.82. The summed E-state index contributed by atoms with van der Waals surface area (Å²) in [5.41, 5.74) is 7.66. The van der Waals surface area contributed by atoms with Gasteiger partial charge in [0.1, 0.15) is 5.75 Å². The van der Waals surface area contributed by atoms with Crippen LogP contribution in [0, 0.1) is 0 Å². The van der Waals surface area contributed by atoms with Gasteiger partial charge in [-0.15, -0.1) is 0 Å². The van der Waals surface area contributed by atoms with E-state index in [2.05, 4.69) is 6.92 Å². The summed E-state index contributed by atoms with van der Waals surface area (Å²) in [6, 6.07) is 5.75. The minimum absolute atomic E-state index is 0.805. The molecule has 0 bridgehead atoms. The molecule has 2 N–H and O–H groups in total. The Labute approximate surface area is 87.1 Å². The van der Waals surface area contributed by atoms with Crippen molar-refractivity contribution in [2.75, 3.05) is 12.8 Å². The third-order valence-electron chi connectivity index (χ3n) is 1.82. The van der Waals surface area contributed by atoms with Crippen LogP contribution >= 0.6 is 0 Å². The number of nitrogen functional groups attached to an aromatic ring is 1. The van der Waals surface area contributed by atoms with Crippen LogP contribution in [0.4, 0.5) is 5.69 Å². The molecule has 0 aliphatic rings. The number of nitrogens with two attached hydrogens (primary N) is 1. The van der Waals surface area contributed by atoms with Crippen molar-refractivity contribution in [1.29, 1.82) is 0 Å². The second-order valence-corrected chi connectivity index (χ2v) is 2.82. The van der Waals surface area contributed by atoms with Crippen molar-refractivity contribution in [2.45, 2.75) is 33.6 Å². The van der Waals surface area contributed by atoms with Gasteiger partial charge in [0.05, 0.1) is 7.11 Å². The van der Waals surface area contributed by atoms with Crippen molar-refractivity contribution in [2.24, 2.45) is 0 Å². The lowest BCUT2D eigenvalue weighted by Crippen LogP contribution is -1.94. The van der Waals surface area contributed by atoms with E-state index in [0.717, 1.165) is 24.3 Å². The van der Waals surface area contributed by atoms with Crippen molar-refractivity contribution in [3.05, 3.63) is 23.8 Å². The average molecular weight is 195 g/mol. The predicted octanol–water partition coefficient (Wildman–Crippen LogP) is 3.26. The lowest BCUT2D eigenvalue weighted by molar-refractivity contribution is 0.409. The highest BCUT2D eigenvalue weighted by Crippen LogP contribution is 2.21. The molecule has 2 nitrogen and oxygen atoms in total. The van der Waals surface area contributed by atoms with Crippen LogP contribution in [0.1, 0.15) is 32.8 Å². The second-order valence-electron chi connectivity index (χ2n) is 2.82. The fourth-order valence-corrected chi connectivity index (χ4v) is 1.26. The van der Waals surface area contributed by atoms with Gasteiger partial charge in [0.15, 0.2) is 0 Å². The van der Waals surface area contributed by atoms with E-state index in [1.54, 1.807) is 7.11 Å². The van der Waals surface area contributed by atoms with Crippen LogP contribution in [0.25, 0.3) is 0 Å². The molecule has 0 unspecified atom stereocenters. The Balaban J connectivity index is 0.000000791. The SMILES string of the molecule is CC.CCCc1cc(N)ccc1OC. The zero-order chi connectivity index (χ0) is 11.0. The Hall–Kier alpha value is -1.18. The number of hydrogen-bond donors (Lipinski definition) is 1. The zero-order valence-electron chi connectivity index (χ0n) is 9.63. The fraction of sp³-hybridized carbons (Fsp3) is 0.500. The smallest absolute Gasteiger partial charge is 0.122 e. The Kier molecular flexibility index (Phi) is 6.63. The number of ether oxygens (including phenoxy) is 1. The number of hydrogen-bond acceptors (Lipinski definition) is 2. The molecule has 0 aromatic heterocycles. The van der Waals surface area contributed by atoms with Crippen LogP contribution in [-0.4, -0.2) is 7.11 Å². The molecule has 2 heteroatoms. The number of methoxy groups -OCH3 is 1. The van der Waals surface area contributed by atoms with Gasteiger partial charge in [-0.25, -0.2) is 0 Å². The molecule has 0 aliphatic carbocycles. The van der Waals surface area contributed by atoms with Gasteiger partial charge in [-0.3, -0.25) is 0 Å². The predicted molar refractivity (Wildman–Crippen MR) is 62.7 cm³/mol. The third kappa shape index (κ3) is 3.69. The molecule has 80 valence electrons. The molecule has 1 aromatic carbocycles. The van der Waals surface area contributed by atoms with Gasteiger partial charge in [-0.2, -0.15) is 0 Å². The summed E-state index contributed by atoms with van der Waals surface area (Å²) in [5.74, 6) is 0.936. The highest BCUT2D eigenvalue weighted by Gasteiger charge is 2.00. The summed E-state index contributed by atoms with van der Waals surface area (Å²) in [6.45, 7) is 6.14. The minimum atomic E-state index is 0.805. The number of aryl methyl sites for hydroxylation is 1. The van der Waals surface area contributed by atoms with Crippen LogP contribution in [0.2, 0.25) is 0 Å². The standard InChI is InChI=1S/C10H15NO.C2H6/c1-3-4-8-7-9(11)5-6-10(8)12-2;1-2/h5-7H,3-4,11H2,1-2H3;1-2H3. The maximum absolute atomic E-state index is 5.66. The van der Waals surface area contributed by atoms with E-state index in [-0.39, 0.29) is 0 Å². The first-order valence-corrected chi connectivity index (χ1v) is 5.20. The van der Waals surface area contributed by atoms with Crippen LogP contribution in [0.5, 0.6) is 5.75 Å². The molecule has 0 saturated heterocycles. The Morgan fingerprint density at radius 2 is 1.93 bits per heavy atom. The summed E-state index contributed by atoms with van der Waals surface area (Å²) in [6.07, 6.45) is 2.13. The molecule has 1 rings (SSSR count). The van der Waals surface area contributed by atoms with Crippen LogP contribution in [-0.2, 0) is 6.42 Å². The van der Waals surface area contributed by atoms with E-state index in [4.69, 9.17) is 10.5 Å². The van der Waals surface area contributed by atoms with Crippen LogP contribution in [0.3, 0.4) is 0 Å². The summed E-state index contributed by atoms with van der Waals surface area (Å²) >= 11 is 0. The molecule has 1 aromatic rings. The van der Waals surface area contributed by atoms with Gasteiger partial charge in [0, 0.05) is 5.69 Å². The largest absolute Gasteiger partial charge is 0.496 e. The van der Waals surface area contributed by atoms with Gasteiger partial charge in [-0.05, 0) is 30.2 Å². The molecule has 0 radical (unpaired) electrons. The van der Waals surface area contributed by atoms with E-state index >= 15 is 0 Å². The maximum atomic E-state index is 5.66. The minimum Gasteiger partial charge on any atom is -0.496 e. The Bertz CT molecular complexity index is 258. The molecule has 14 heavy (non-hydrogen) atoms. The van der Waals surface area contributed by atoms with E-state index < -0.39 is 0 Å². The summed E-state index contributed by atoms with van der Waals surface area (Å²) in [7, 11) is 1.69. The quantitative estimate of drug-likeness (QED) is 0.751. The van der Waals surface area contributed by atoms with Crippen LogP contribution in [0.15, 0.2) is 18.2 Å². The molecule has 0 amide bonds. The van der Waals surface area contributed by atoms with E-state index in [9.17, 15) is 0 Å². The molecule has 0 atom stereocenters. The fourth-order valence-electron chi connectivity index (χ4n) is 1.26. The highest BCUT2D eigenvalue weighted by molar-refractivity contribution is 5.47. The zero-order valence-corrected chi connectivity index (χ0v) is 9.63. The molecular weight excluding hydrogens is 174 g/mol. The van der Waals surface area contributed by atoms with Crippen molar-refractivity contribution < 1.29 is 4.74 Å². The van der Waals surface area contributed by atoms with Crippen molar-refractivity contribution in [3.63, 3.8) is 0 Å². The topological polar surface area (TPSA) is 35.2 Å². The van der Waals surface area contributed by atoms with Crippen molar-refractivity contribution in [3.8, 4) is 5.75 Å². The molecule has 0 saturated carbocycles. The number of rotatable bonds is 3. The summed E-state index contributed by atoms with van der Waals surface area (Å²) in [4.78, 5) is 0. The first kappa shape index (κ1) is 12.8. The Morgan fingerprint density at radius 1 is 1.29 bits per heavy atom. The monoisotopic (exact) mass is 195 g/mol. The average Bonchev–Trinajstić information content (AvgIpc) is 2.22. The molecule has 0 aliphatic heterocycles. The highest BCUT2D eigenvalue weighted by atomic mass is 16.5. The second kappa shape index (κ2) is 7.25. The first-order chi connectivity index (χ1) is 6.77. The molecule has 0 spiro atoms. The van der Waals surface area contributed by atoms with Crippen molar-refractivity contribution in [1.82, 2.24) is 0 Å². The number of benzene rings is 1. The van der Waals surface area contributed by atoms with Gasteiger partial charge in [0.2, 0.25) is 0 Å². The molecule has 0 heterocycles. The van der Waals surface area contributed by atoms with E-state index in [0.29, 0.717) is 0 Å². The van der Waals surface area contributed by atoms with E-state index in [1.165, 1.54) is 5.56 Å². The lowest BCUT2D eigenvalue weighted by atomic mass is 10.1. The lowest BCUT2D eigenvalue weighted by Gasteiger charge is -2.07. The Morgan fingerprint density at radius 3 is 2.43 bits per heavy atom. The van der Waals surface area contributed by atoms with E-state index in [1.807, 2.05) is 32.0 Å². The number of anilines is 1.